The number of nitrogen functional groups attached to an aromatic ring is 1. The molecule has 0 fully saturated rings. The highest BCUT2D eigenvalue weighted by Gasteiger charge is 2.11. The van der Waals surface area contributed by atoms with Crippen LogP contribution in [-0.4, -0.2) is 10.9 Å². The van der Waals surface area contributed by atoms with Crippen molar-refractivity contribution in [2.45, 2.75) is 0 Å². The maximum Gasteiger partial charge on any atom is 0.257 e. The Morgan fingerprint density at radius 1 is 1.39 bits per heavy atom. The maximum atomic E-state index is 13.0. The molecule has 0 spiro atoms. The summed E-state index contributed by atoms with van der Waals surface area (Å²) in [6.07, 6.45) is 2.81. The molecule has 1 aromatic carbocycles. The molecule has 2 aromatic rings. The van der Waals surface area contributed by atoms with Crippen LogP contribution < -0.4 is 11.1 Å². The van der Waals surface area contributed by atoms with Crippen molar-refractivity contribution in [3.05, 3.63) is 53.1 Å². The molecule has 1 amide bonds. The van der Waals surface area contributed by atoms with Gasteiger partial charge < -0.3 is 11.1 Å². The largest absolute Gasteiger partial charge is 0.397 e. The van der Waals surface area contributed by atoms with Gasteiger partial charge in [0.1, 0.15) is 5.82 Å². The molecule has 0 saturated carbocycles. The topological polar surface area (TPSA) is 68.0 Å². The summed E-state index contributed by atoms with van der Waals surface area (Å²) in [5, 5.41) is 2.74. The standard InChI is InChI=1S/C12H9ClFN3O/c13-9-2-1-7(14)5-11(9)17-12(18)8-3-4-16-6-10(8)15/h1-6H,15H2,(H,17,18). The molecule has 6 heteroatoms. The Morgan fingerprint density at radius 3 is 2.89 bits per heavy atom. The van der Waals surface area contributed by atoms with Crippen molar-refractivity contribution in [3.63, 3.8) is 0 Å². The molecule has 0 aliphatic rings. The molecule has 92 valence electrons. The number of benzene rings is 1. The van der Waals surface area contributed by atoms with Gasteiger partial charge in [-0.3, -0.25) is 9.78 Å². The zero-order chi connectivity index (χ0) is 13.1. The molecule has 0 aliphatic heterocycles. The average molecular weight is 266 g/mol. The van der Waals surface area contributed by atoms with Gasteiger partial charge in [0.05, 0.1) is 28.2 Å². The van der Waals surface area contributed by atoms with E-state index in [4.69, 9.17) is 17.3 Å². The van der Waals surface area contributed by atoms with Gasteiger partial charge in [0.15, 0.2) is 0 Å². The van der Waals surface area contributed by atoms with Gasteiger partial charge in [-0.15, -0.1) is 0 Å². The highest BCUT2D eigenvalue weighted by molar-refractivity contribution is 6.34. The van der Waals surface area contributed by atoms with Gasteiger partial charge in [0, 0.05) is 6.20 Å². The molecule has 1 aromatic heterocycles. The number of pyridine rings is 1. The van der Waals surface area contributed by atoms with Crippen molar-refractivity contribution in [1.29, 1.82) is 0 Å². The second kappa shape index (κ2) is 5.01. The fourth-order valence-electron chi connectivity index (χ4n) is 1.40. The summed E-state index contributed by atoms with van der Waals surface area (Å²) in [6.45, 7) is 0. The number of aromatic nitrogens is 1. The van der Waals surface area contributed by atoms with Gasteiger partial charge in [-0.05, 0) is 24.3 Å². The monoisotopic (exact) mass is 265 g/mol. The summed E-state index contributed by atoms with van der Waals surface area (Å²) < 4.78 is 13.0. The van der Waals surface area contributed by atoms with E-state index < -0.39 is 11.7 Å². The minimum absolute atomic E-state index is 0.192. The van der Waals surface area contributed by atoms with Gasteiger partial charge >= 0.3 is 0 Å². The number of nitrogens with one attached hydrogen (secondary N) is 1. The van der Waals surface area contributed by atoms with E-state index in [-0.39, 0.29) is 22.0 Å². The Bertz CT molecular complexity index is 604. The molecule has 1 heterocycles. The minimum atomic E-state index is -0.489. The van der Waals surface area contributed by atoms with Gasteiger partial charge in [-0.25, -0.2) is 4.39 Å². The first kappa shape index (κ1) is 12.3. The fraction of sp³-hybridized carbons (Fsp3) is 0. The highest BCUT2D eigenvalue weighted by atomic mass is 35.5. The van der Waals surface area contributed by atoms with E-state index in [0.717, 1.165) is 6.07 Å². The van der Waals surface area contributed by atoms with Crippen LogP contribution in [0.15, 0.2) is 36.7 Å². The van der Waals surface area contributed by atoms with Crippen LogP contribution in [0.25, 0.3) is 0 Å². The lowest BCUT2D eigenvalue weighted by atomic mass is 10.2. The Morgan fingerprint density at radius 2 is 2.17 bits per heavy atom. The number of carbonyl (C=O) groups excluding carboxylic acids is 1. The van der Waals surface area contributed by atoms with Crippen LogP contribution in [0.4, 0.5) is 15.8 Å². The first-order valence-electron chi connectivity index (χ1n) is 5.04. The lowest BCUT2D eigenvalue weighted by Gasteiger charge is -2.08. The summed E-state index contributed by atoms with van der Waals surface area (Å²) in [7, 11) is 0. The van der Waals surface area contributed by atoms with Crippen LogP contribution in [0, 0.1) is 5.82 Å². The van der Waals surface area contributed by atoms with Crippen molar-refractivity contribution in [1.82, 2.24) is 4.98 Å². The van der Waals surface area contributed by atoms with Crippen molar-refractivity contribution < 1.29 is 9.18 Å². The normalized spacial score (nSPS) is 10.1. The van der Waals surface area contributed by atoms with Crippen LogP contribution in [0.5, 0.6) is 0 Å². The third-order valence-electron chi connectivity index (χ3n) is 2.27. The minimum Gasteiger partial charge on any atom is -0.397 e. The highest BCUT2D eigenvalue weighted by Crippen LogP contribution is 2.23. The van der Waals surface area contributed by atoms with Crippen molar-refractivity contribution in [2.24, 2.45) is 0 Å². The number of hydrogen-bond acceptors (Lipinski definition) is 3. The summed E-state index contributed by atoms with van der Waals surface area (Å²) in [5.41, 5.74) is 6.30. The van der Waals surface area contributed by atoms with Crippen molar-refractivity contribution in [3.8, 4) is 0 Å². The number of anilines is 2. The lowest BCUT2D eigenvalue weighted by molar-refractivity contribution is 0.102. The number of halogens is 2. The summed E-state index contributed by atoms with van der Waals surface area (Å²) in [4.78, 5) is 15.7. The number of rotatable bonds is 2. The molecule has 3 N–H and O–H groups in total. The van der Waals surface area contributed by atoms with E-state index >= 15 is 0 Å². The summed E-state index contributed by atoms with van der Waals surface area (Å²) >= 11 is 5.84. The van der Waals surface area contributed by atoms with Crippen LogP contribution in [0.1, 0.15) is 10.4 Å². The van der Waals surface area contributed by atoms with Crippen molar-refractivity contribution >= 4 is 28.9 Å². The molecule has 4 nitrogen and oxygen atoms in total. The lowest BCUT2D eigenvalue weighted by Crippen LogP contribution is -2.14. The molecule has 0 radical (unpaired) electrons. The third kappa shape index (κ3) is 2.57. The number of nitrogens with zero attached hydrogens (tertiary/aromatic N) is 1. The third-order valence-corrected chi connectivity index (χ3v) is 2.60. The van der Waals surface area contributed by atoms with Crippen LogP contribution in [-0.2, 0) is 0 Å². The van der Waals surface area contributed by atoms with Crippen LogP contribution in [0.2, 0.25) is 5.02 Å². The smallest absolute Gasteiger partial charge is 0.257 e. The quantitative estimate of drug-likeness (QED) is 0.877. The molecule has 0 unspecified atom stereocenters. The molecule has 0 atom stereocenters. The SMILES string of the molecule is Nc1cnccc1C(=O)Nc1cc(F)ccc1Cl. The zero-order valence-corrected chi connectivity index (χ0v) is 9.91. The number of carbonyl (C=O) groups is 1. The van der Waals surface area contributed by atoms with Gasteiger partial charge in [-0.2, -0.15) is 0 Å². The van der Waals surface area contributed by atoms with E-state index in [1.165, 1.54) is 30.6 Å². The van der Waals surface area contributed by atoms with Crippen LogP contribution in [0.3, 0.4) is 0 Å². The second-order valence-corrected chi connectivity index (χ2v) is 3.95. The molecular weight excluding hydrogens is 257 g/mol. The molecule has 0 aliphatic carbocycles. The molecule has 0 bridgehead atoms. The number of hydrogen-bond donors (Lipinski definition) is 2. The first-order chi connectivity index (χ1) is 8.58. The van der Waals surface area contributed by atoms with E-state index in [0.29, 0.717) is 0 Å². The molecule has 2 rings (SSSR count). The molecular formula is C12H9ClFN3O. The van der Waals surface area contributed by atoms with Crippen molar-refractivity contribution in [2.75, 3.05) is 11.1 Å². The average Bonchev–Trinajstić information content (AvgIpc) is 2.34. The van der Waals surface area contributed by atoms with Gasteiger partial charge in [0.2, 0.25) is 0 Å². The molecule has 0 saturated heterocycles. The Kier molecular flexibility index (Phi) is 3.43. The van der Waals surface area contributed by atoms with E-state index in [2.05, 4.69) is 10.3 Å². The Balaban J connectivity index is 2.27. The Hall–Kier alpha value is -2.14. The van der Waals surface area contributed by atoms with Gasteiger partial charge in [0.25, 0.3) is 5.91 Å². The van der Waals surface area contributed by atoms with Gasteiger partial charge in [-0.1, -0.05) is 11.6 Å². The second-order valence-electron chi connectivity index (χ2n) is 3.54. The number of amides is 1. The predicted octanol–water partition coefficient (Wildman–Crippen LogP) is 2.71. The summed E-state index contributed by atoms with van der Waals surface area (Å²) in [6, 6.07) is 5.18. The molecule has 18 heavy (non-hydrogen) atoms. The first-order valence-corrected chi connectivity index (χ1v) is 5.41. The van der Waals surface area contributed by atoms with E-state index in [9.17, 15) is 9.18 Å². The van der Waals surface area contributed by atoms with E-state index in [1.54, 1.807) is 0 Å². The fourth-order valence-corrected chi connectivity index (χ4v) is 1.56. The Labute approximate surface area is 108 Å². The van der Waals surface area contributed by atoms with E-state index in [1.807, 2.05) is 0 Å². The maximum absolute atomic E-state index is 13.0. The van der Waals surface area contributed by atoms with Crippen LogP contribution >= 0.6 is 11.6 Å². The predicted molar refractivity (Wildman–Crippen MR) is 68.0 cm³/mol. The zero-order valence-electron chi connectivity index (χ0n) is 9.15. The number of nitrogens with two attached hydrogens (primary N) is 1. The summed E-state index contributed by atoms with van der Waals surface area (Å²) in [5.74, 6) is -0.959.